The smallest absolute Gasteiger partial charge is 0.333 e. The van der Waals surface area contributed by atoms with Crippen LogP contribution in [0.1, 0.15) is 118 Å². The molecule has 0 saturated heterocycles. The second kappa shape index (κ2) is 69.7. The summed E-state index contributed by atoms with van der Waals surface area (Å²) < 4.78 is 65.4. The molecule has 0 spiro atoms. The number of rotatable bonds is 52. The number of carbonyl (C=O) groups is 16. The SMILES string of the molecule is C=C(C)C(=O)OCC(CC)(COC(=O)C(=C)C)COC(=O)C(=C)C.C=C(C)C(=O)OCC(CO)(COC(=O)C(=C)C)COC(=O)C(=C)C.C=C(C)C(=O)OCCOC(=O)C(=C)C.C=CC(=O)C[C@@H](COC(=O)C=C)Cc1ccccc1.C=CC(=O)Cc1ccc(NC(=O)C=C)cc1.C=CC(=O)OCC(COC(=O)C(=C)C)(COC(=O)C(=C)C)COC(=O)C(=C)C.C=Cc1ccc(C=C)cc1. The van der Waals surface area contributed by atoms with Crippen molar-refractivity contribution >= 4 is 113 Å². The van der Waals surface area contributed by atoms with E-state index in [9.17, 15) is 81.8 Å². The number of ketones is 2. The summed E-state index contributed by atoms with van der Waals surface area (Å²) in [6, 6.07) is 24.9. The molecule has 3 aromatic rings. The highest BCUT2D eigenvalue weighted by molar-refractivity contribution is 5.99. The van der Waals surface area contributed by atoms with Crippen molar-refractivity contribution in [3.63, 3.8) is 0 Å². The molecule has 0 aromatic heterocycles. The van der Waals surface area contributed by atoms with E-state index in [1.807, 2.05) is 73.7 Å². The Balaban J connectivity index is -0.000000755. The van der Waals surface area contributed by atoms with Crippen LogP contribution in [0.15, 0.2) is 289 Å². The van der Waals surface area contributed by atoms with Crippen LogP contribution < -0.4 is 5.32 Å². The molecule has 3 rings (SSSR count). The van der Waals surface area contributed by atoms with Gasteiger partial charge in [-0.25, -0.2) is 62.3 Å². The third-order valence-electron chi connectivity index (χ3n) is 16.9. The van der Waals surface area contributed by atoms with Crippen LogP contribution in [0.4, 0.5) is 5.69 Å². The first-order chi connectivity index (χ1) is 63.1. The van der Waals surface area contributed by atoms with E-state index in [4.69, 9.17) is 52.1 Å². The molecule has 0 radical (unpaired) electrons. The maximum Gasteiger partial charge on any atom is 0.333 e. The molecule has 31 heteroatoms. The Bertz CT molecular complexity index is 4380. The second-order valence-electron chi connectivity index (χ2n) is 30.4. The molecule has 0 heterocycles. The Labute approximate surface area is 792 Å². The summed E-state index contributed by atoms with van der Waals surface area (Å²) in [6.07, 6.45) is 11.3. The van der Waals surface area contributed by atoms with Crippen LogP contribution in [0.5, 0.6) is 0 Å². The number of hydrogen-bond donors (Lipinski definition) is 2. The van der Waals surface area contributed by atoms with Crippen LogP contribution in [-0.4, -0.2) is 193 Å². The van der Waals surface area contributed by atoms with E-state index in [0.717, 1.165) is 34.4 Å². The van der Waals surface area contributed by atoms with Crippen molar-refractivity contribution in [1.29, 1.82) is 0 Å². The van der Waals surface area contributed by atoms with Crippen molar-refractivity contribution in [3.8, 4) is 0 Å². The summed E-state index contributed by atoms with van der Waals surface area (Å²) in [5.41, 5.74) is 3.72. The number of amides is 1. The number of aliphatic hydroxyl groups excluding tert-OH is 1. The molecule has 0 saturated carbocycles. The fourth-order valence-electron chi connectivity index (χ4n) is 8.52. The van der Waals surface area contributed by atoms with Gasteiger partial charge in [-0.05, 0) is 142 Å². The largest absolute Gasteiger partial charge is 0.462 e. The van der Waals surface area contributed by atoms with Crippen molar-refractivity contribution in [1.82, 2.24) is 0 Å². The summed E-state index contributed by atoms with van der Waals surface area (Å²) in [6.45, 7) is 77.4. The van der Waals surface area contributed by atoms with Gasteiger partial charge in [-0.15, -0.1) is 0 Å². The van der Waals surface area contributed by atoms with Crippen molar-refractivity contribution in [2.75, 3.05) is 97.8 Å². The van der Waals surface area contributed by atoms with Gasteiger partial charge >= 0.3 is 77.6 Å². The lowest BCUT2D eigenvalue weighted by atomic mass is 9.88. The van der Waals surface area contributed by atoms with Gasteiger partial charge in [0.15, 0.2) is 11.6 Å². The van der Waals surface area contributed by atoms with Crippen molar-refractivity contribution in [3.05, 3.63) is 311 Å². The molecule has 0 aliphatic carbocycles. The first-order valence-corrected chi connectivity index (χ1v) is 41.1. The van der Waals surface area contributed by atoms with E-state index in [1.54, 1.807) is 38.1 Å². The number of benzene rings is 3. The van der Waals surface area contributed by atoms with Gasteiger partial charge in [-0.2, -0.15) is 0 Å². The topological polar surface area (TPSA) is 425 Å². The highest BCUT2D eigenvalue weighted by Gasteiger charge is 2.40. The quantitative estimate of drug-likeness (QED) is 0.0229. The van der Waals surface area contributed by atoms with E-state index in [-0.39, 0.29) is 159 Å². The molecule has 0 aliphatic rings. The van der Waals surface area contributed by atoms with Crippen molar-refractivity contribution in [2.24, 2.45) is 22.2 Å². The number of anilines is 1. The third kappa shape index (κ3) is 59.7. The van der Waals surface area contributed by atoms with Gasteiger partial charge in [-0.3, -0.25) is 14.4 Å². The number of allylic oxidation sites excluding steroid dienone is 2. The van der Waals surface area contributed by atoms with Crippen LogP contribution in [-0.2, 0) is 151 Å². The van der Waals surface area contributed by atoms with Crippen molar-refractivity contribution in [2.45, 2.75) is 109 Å². The van der Waals surface area contributed by atoms with Crippen LogP contribution in [0.2, 0.25) is 0 Å². The Kier molecular flexibility index (Phi) is 65.2. The standard InChI is InChI=1S/C20H26O8.C18H26O6.C17H24O7.C16H18O3.C13H13NO2.C10H14O4.C10H10/c1-8-16(21)25-9-20(10-26-17(22)13(2)3,11-27-18(23)14(4)5)12-28-19(24)15(6)7;1-8-18(9-22-15(19)12(2)3,10-23-16(20)13(4)5)11-24-17(21)14(6)7;1-11(2)14(19)22-8-17(7-18,9-23-15(20)12(3)4)10-24-16(21)13(5)6;1-3-15(17)11-14(12-19-16(18)4-2)10-13-8-6-5-7-9-13;1-3-12(15)9-10-5-7-11(8-6-10)14-13(16)4-2;1-7(2)9(11)13-5-6-14-10(12)8(3)4;1-3-9-5-7-10(4-2)8-6-9/h8H,1-2,4,6,9-12H2,3,5,7H3;2,4,6,8-11H2,1,3,5,7H3;18H,1,3,5,7-10H2,2,4,6H3;3-9,14H,1-2,10-12H2;3-8H,1-2,9H2,(H,14,16);1,3,5-6H2,2,4H3;3-8H,1-2H2/t;;;14-;;;/m...0.../s1. The molecule has 31 nitrogen and oxygen atoms in total. The predicted octanol–water partition coefficient (Wildman–Crippen LogP) is 15.1. The second-order valence-corrected chi connectivity index (χ2v) is 30.4. The maximum atomic E-state index is 11.8. The van der Waals surface area contributed by atoms with Gasteiger partial charge in [0.05, 0.1) is 24.0 Å². The first-order valence-electron chi connectivity index (χ1n) is 41.1. The molecule has 2 N–H and O–H groups in total. The highest BCUT2D eigenvalue weighted by Crippen LogP contribution is 2.28. The molecule has 1 amide bonds. The molecule has 1 atom stereocenters. The molecule has 0 bridgehead atoms. The van der Waals surface area contributed by atoms with Gasteiger partial charge in [0.1, 0.15) is 84.7 Å². The van der Waals surface area contributed by atoms with Crippen LogP contribution in [0, 0.1) is 22.2 Å². The molecular weight excluding hydrogens is 1740 g/mol. The van der Waals surface area contributed by atoms with E-state index in [2.05, 4.69) is 133 Å². The van der Waals surface area contributed by atoms with E-state index in [1.165, 1.54) is 80.5 Å². The number of nitrogens with one attached hydrogen (secondary N) is 1. The van der Waals surface area contributed by atoms with Gasteiger partial charge in [0.25, 0.3) is 0 Å². The summed E-state index contributed by atoms with van der Waals surface area (Å²) in [7, 11) is 0. The zero-order chi connectivity index (χ0) is 104. The summed E-state index contributed by atoms with van der Waals surface area (Å²) >= 11 is 0. The third-order valence-corrected chi connectivity index (χ3v) is 16.9. The summed E-state index contributed by atoms with van der Waals surface area (Å²) in [5, 5.41) is 12.3. The number of aliphatic hydroxyl groups is 1. The fraction of sp³-hybridized carbons (Fsp3) is 0.327. The minimum Gasteiger partial charge on any atom is -0.462 e. The van der Waals surface area contributed by atoms with Gasteiger partial charge in [0.2, 0.25) is 5.91 Å². The predicted molar refractivity (Wildman–Crippen MR) is 515 cm³/mol. The van der Waals surface area contributed by atoms with Crippen LogP contribution in [0.25, 0.3) is 12.2 Å². The number of hydrogen-bond acceptors (Lipinski definition) is 30. The van der Waals surface area contributed by atoms with Crippen molar-refractivity contribution < 1.29 is 143 Å². The molecule has 0 fully saturated rings. The van der Waals surface area contributed by atoms with Gasteiger partial charge in [0, 0.05) is 97.9 Å². The summed E-state index contributed by atoms with van der Waals surface area (Å²) in [4.78, 5) is 183. The zero-order valence-corrected chi connectivity index (χ0v) is 79.9. The molecule has 135 heavy (non-hydrogen) atoms. The average molecular weight is 1880 g/mol. The van der Waals surface area contributed by atoms with E-state index >= 15 is 0 Å². The lowest BCUT2D eigenvalue weighted by Crippen LogP contribution is -2.44. The Morgan fingerprint density at radius 2 is 0.593 bits per heavy atom. The highest BCUT2D eigenvalue weighted by atomic mass is 16.6. The molecule has 0 unspecified atom stereocenters. The van der Waals surface area contributed by atoms with Gasteiger partial charge in [-0.1, -0.05) is 204 Å². The fourth-order valence-corrected chi connectivity index (χ4v) is 8.52. The van der Waals surface area contributed by atoms with Gasteiger partial charge < -0.3 is 72.0 Å². The van der Waals surface area contributed by atoms with Crippen LogP contribution >= 0.6 is 0 Å². The zero-order valence-electron chi connectivity index (χ0n) is 79.9. The number of ether oxygens (including phenoxy) is 13. The average Bonchev–Trinajstić information content (AvgIpc) is 0.898. The number of esters is 13. The first kappa shape index (κ1) is 126. The lowest BCUT2D eigenvalue weighted by molar-refractivity contribution is -0.166. The normalized spacial score (nSPS) is 10.1. The molecule has 3 aromatic carbocycles. The Hall–Kier alpha value is -15.1. The van der Waals surface area contributed by atoms with Crippen LogP contribution in [0.3, 0.4) is 0 Å². The maximum absolute atomic E-state index is 11.8. The monoisotopic (exact) mass is 1870 g/mol. The minimum atomic E-state index is -1.36. The molecular formula is C104H131NO30. The molecule has 0 aliphatic heterocycles. The van der Waals surface area contributed by atoms with E-state index in [0.29, 0.717) is 42.5 Å². The Morgan fingerprint density at radius 1 is 0.319 bits per heavy atom. The lowest BCUT2D eigenvalue weighted by Gasteiger charge is -2.31. The molecule has 732 valence electrons. The summed E-state index contributed by atoms with van der Waals surface area (Å²) in [5.74, 6) is -8.43. The number of carbonyl (C=O) groups excluding carboxylic acids is 16. The Morgan fingerprint density at radius 3 is 0.852 bits per heavy atom. The van der Waals surface area contributed by atoms with E-state index < -0.39 is 100 Å². The minimum absolute atomic E-state index is 0.0251.